The van der Waals surface area contributed by atoms with E-state index in [1.165, 1.54) is 12.0 Å². The highest BCUT2D eigenvalue weighted by Gasteiger charge is 2.34. The summed E-state index contributed by atoms with van der Waals surface area (Å²) in [4.78, 5) is 43.2. The van der Waals surface area contributed by atoms with Crippen molar-refractivity contribution in [1.82, 2.24) is 19.6 Å². The number of halogens is 2. The Kier molecular flexibility index (Phi) is 7.85. The van der Waals surface area contributed by atoms with Crippen molar-refractivity contribution < 1.29 is 24.2 Å². The van der Waals surface area contributed by atoms with Gasteiger partial charge < -0.3 is 24.5 Å². The SMILES string of the molecule is COC(=O)N1CCN(C(=O)Cc2ccc(Cl)c(Cl)c2)C(CN2CCN(C(=O)O)CC2)C1. The first kappa shape index (κ1) is 23.4. The summed E-state index contributed by atoms with van der Waals surface area (Å²) in [6, 6.07) is 4.91. The lowest BCUT2D eigenvalue weighted by Crippen LogP contribution is -2.61. The Morgan fingerprint density at radius 2 is 1.71 bits per heavy atom. The molecule has 1 atom stereocenters. The van der Waals surface area contributed by atoms with E-state index < -0.39 is 12.2 Å². The second kappa shape index (κ2) is 10.4. The Labute approximate surface area is 191 Å². The van der Waals surface area contributed by atoms with Crippen molar-refractivity contribution in [2.24, 2.45) is 0 Å². The first-order valence-electron chi connectivity index (χ1n) is 10.0. The number of carbonyl (C=O) groups is 3. The molecule has 170 valence electrons. The van der Waals surface area contributed by atoms with E-state index in [0.717, 1.165) is 5.56 Å². The molecule has 3 amide bonds. The average molecular weight is 473 g/mol. The highest BCUT2D eigenvalue weighted by atomic mass is 35.5. The van der Waals surface area contributed by atoms with Crippen molar-refractivity contribution >= 4 is 41.3 Å². The molecule has 0 radical (unpaired) electrons. The summed E-state index contributed by atoms with van der Waals surface area (Å²) < 4.78 is 4.86. The van der Waals surface area contributed by atoms with Crippen LogP contribution in [0.3, 0.4) is 0 Å². The zero-order valence-corrected chi connectivity index (χ0v) is 18.8. The quantitative estimate of drug-likeness (QED) is 0.720. The van der Waals surface area contributed by atoms with Gasteiger partial charge in [-0.05, 0) is 17.7 Å². The minimum absolute atomic E-state index is 0.0583. The molecule has 0 spiro atoms. The Morgan fingerprint density at radius 3 is 2.32 bits per heavy atom. The molecule has 3 rings (SSSR count). The molecule has 1 N–H and O–H groups in total. The summed E-state index contributed by atoms with van der Waals surface area (Å²) in [5, 5.41) is 9.97. The molecule has 2 aliphatic rings. The van der Waals surface area contributed by atoms with E-state index in [4.69, 9.17) is 33.0 Å². The van der Waals surface area contributed by atoms with Crippen LogP contribution in [0.4, 0.5) is 9.59 Å². The van der Waals surface area contributed by atoms with Gasteiger partial charge in [0.1, 0.15) is 0 Å². The first-order valence-corrected chi connectivity index (χ1v) is 10.8. The molecule has 0 aromatic heterocycles. The highest BCUT2D eigenvalue weighted by molar-refractivity contribution is 6.42. The van der Waals surface area contributed by atoms with Crippen molar-refractivity contribution in [2.75, 3.05) is 59.5 Å². The van der Waals surface area contributed by atoms with Crippen molar-refractivity contribution in [3.8, 4) is 0 Å². The van der Waals surface area contributed by atoms with Crippen LogP contribution in [0.1, 0.15) is 5.56 Å². The number of nitrogens with zero attached hydrogens (tertiary/aromatic N) is 4. The Balaban J connectivity index is 1.68. The van der Waals surface area contributed by atoms with Gasteiger partial charge in [0.2, 0.25) is 5.91 Å². The zero-order chi connectivity index (χ0) is 22.5. The molecule has 31 heavy (non-hydrogen) atoms. The van der Waals surface area contributed by atoms with Crippen molar-refractivity contribution in [2.45, 2.75) is 12.5 Å². The molecular weight excluding hydrogens is 447 g/mol. The topological polar surface area (TPSA) is 93.6 Å². The molecule has 11 heteroatoms. The number of benzene rings is 1. The number of rotatable bonds is 4. The molecule has 0 bridgehead atoms. The lowest BCUT2D eigenvalue weighted by Gasteiger charge is -2.44. The summed E-state index contributed by atoms with van der Waals surface area (Å²) in [6.45, 7) is 3.69. The summed E-state index contributed by atoms with van der Waals surface area (Å²) >= 11 is 12.0. The van der Waals surface area contributed by atoms with Gasteiger partial charge in [-0.1, -0.05) is 29.3 Å². The van der Waals surface area contributed by atoms with Crippen LogP contribution < -0.4 is 0 Å². The monoisotopic (exact) mass is 472 g/mol. The summed E-state index contributed by atoms with van der Waals surface area (Å²) in [6.07, 6.45) is -1.16. The second-order valence-corrected chi connectivity index (χ2v) is 8.47. The maximum absolute atomic E-state index is 13.1. The van der Waals surface area contributed by atoms with Crippen LogP contribution >= 0.6 is 23.2 Å². The number of amides is 3. The van der Waals surface area contributed by atoms with Gasteiger partial charge in [0.05, 0.1) is 29.6 Å². The van der Waals surface area contributed by atoms with Gasteiger partial charge in [0.15, 0.2) is 0 Å². The van der Waals surface area contributed by atoms with Crippen LogP contribution in [0, 0.1) is 0 Å². The second-order valence-electron chi connectivity index (χ2n) is 7.65. The van der Waals surface area contributed by atoms with Crippen LogP contribution in [0.2, 0.25) is 10.0 Å². The largest absolute Gasteiger partial charge is 0.465 e. The lowest BCUT2D eigenvalue weighted by atomic mass is 10.1. The lowest BCUT2D eigenvalue weighted by molar-refractivity contribution is -0.135. The molecule has 2 saturated heterocycles. The smallest absolute Gasteiger partial charge is 0.409 e. The van der Waals surface area contributed by atoms with Crippen molar-refractivity contribution in [3.63, 3.8) is 0 Å². The number of hydrogen-bond acceptors (Lipinski definition) is 5. The van der Waals surface area contributed by atoms with E-state index in [1.807, 2.05) is 0 Å². The Morgan fingerprint density at radius 1 is 1.03 bits per heavy atom. The molecule has 9 nitrogen and oxygen atoms in total. The fraction of sp³-hybridized carbons (Fsp3) is 0.550. The zero-order valence-electron chi connectivity index (χ0n) is 17.3. The summed E-state index contributed by atoms with van der Waals surface area (Å²) in [5.41, 5.74) is 0.767. The molecule has 2 heterocycles. The Bertz CT molecular complexity index is 832. The van der Waals surface area contributed by atoms with Gasteiger partial charge in [-0.25, -0.2) is 9.59 Å². The van der Waals surface area contributed by atoms with Crippen LogP contribution in [0.25, 0.3) is 0 Å². The van der Waals surface area contributed by atoms with Crippen molar-refractivity contribution in [1.29, 1.82) is 0 Å². The standard InChI is InChI=1S/C20H26Cl2N4O5/c1-31-20(30)25-8-9-26(18(27)11-14-2-3-16(21)17(22)10-14)15(13-25)12-23-4-6-24(7-5-23)19(28)29/h2-3,10,15H,4-9,11-13H2,1H3,(H,28,29). The predicted octanol–water partition coefficient (Wildman–Crippen LogP) is 2.11. The molecule has 1 unspecified atom stereocenters. The predicted molar refractivity (Wildman–Crippen MR) is 116 cm³/mol. The van der Waals surface area contributed by atoms with Gasteiger partial charge >= 0.3 is 12.2 Å². The fourth-order valence-corrected chi connectivity index (χ4v) is 4.30. The van der Waals surface area contributed by atoms with E-state index in [-0.39, 0.29) is 18.4 Å². The fourth-order valence-electron chi connectivity index (χ4n) is 3.98. The van der Waals surface area contributed by atoms with E-state index >= 15 is 0 Å². The molecule has 0 aliphatic carbocycles. The number of carboxylic acid groups (broad SMARTS) is 1. The molecule has 2 aliphatic heterocycles. The van der Waals surface area contributed by atoms with Gasteiger partial charge in [-0.15, -0.1) is 0 Å². The van der Waals surface area contributed by atoms with Crippen LogP contribution in [0.15, 0.2) is 18.2 Å². The highest BCUT2D eigenvalue weighted by Crippen LogP contribution is 2.23. The van der Waals surface area contributed by atoms with Gasteiger partial charge in [-0.3, -0.25) is 9.69 Å². The first-order chi connectivity index (χ1) is 14.8. The third kappa shape index (κ3) is 5.93. The summed E-state index contributed by atoms with van der Waals surface area (Å²) in [7, 11) is 1.34. The molecule has 1 aromatic rings. The minimum Gasteiger partial charge on any atom is -0.465 e. The minimum atomic E-state index is -0.924. The Hall–Kier alpha value is -2.23. The van der Waals surface area contributed by atoms with E-state index in [0.29, 0.717) is 62.4 Å². The number of ether oxygens (including phenoxy) is 1. The molecule has 1 aromatic carbocycles. The van der Waals surface area contributed by atoms with Crippen LogP contribution in [-0.4, -0.2) is 108 Å². The van der Waals surface area contributed by atoms with E-state index in [1.54, 1.807) is 28.0 Å². The molecule has 2 fully saturated rings. The average Bonchev–Trinajstić information content (AvgIpc) is 2.76. The van der Waals surface area contributed by atoms with Crippen LogP contribution in [0.5, 0.6) is 0 Å². The number of piperazine rings is 2. The third-order valence-corrected chi connectivity index (χ3v) is 6.43. The van der Waals surface area contributed by atoms with Gasteiger partial charge in [0.25, 0.3) is 0 Å². The normalized spacial score (nSPS) is 20.0. The number of methoxy groups -OCH3 is 1. The van der Waals surface area contributed by atoms with Crippen LogP contribution in [-0.2, 0) is 16.0 Å². The summed E-state index contributed by atoms with van der Waals surface area (Å²) in [5.74, 6) is -0.0583. The van der Waals surface area contributed by atoms with Gasteiger partial charge in [0, 0.05) is 52.4 Å². The van der Waals surface area contributed by atoms with E-state index in [9.17, 15) is 14.4 Å². The maximum atomic E-state index is 13.1. The maximum Gasteiger partial charge on any atom is 0.409 e. The van der Waals surface area contributed by atoms with E-state index in [2.05, 4.69) is 4.90 Å². The number of carbonyl (C=O) groups excluding carboxylic acids is 2. The molecule has 0 saturated carbocycles. The van der Waals surface area contributed by atoms with Gasteiger partial charge in [-0.2, -0.15) is 0 Å². The van der Waals surface area contributed by atoms with Crippen molar-refractivity contribution in [3.05, 3.63) is 33.8 Å². The third-order valence-electron chi connectivity index (χ3n) is 5.69. The number of hydrogen-bond donors (Lipinski definition) is 1. The molecular formula is C20H26Cl2N4O5.